The molecule has 39 heavy (non-hydrogen) atoms. The van der Waals surface area contributed by atoms with Crippen molar-refractivity contribution in [1.29, 1.82) is 0 Å². The Labute approximate surface area is 234 Å². The van der Waals surface area contributed by atoms with Gasteiger partial charge in [-0.05, 0) is 67.7 Å². The van der Waals surface area contributed by atoms with Gasteiger partial charge in [0.15, 0.2) is 0 Å². The minimum absolute atomic E-state index is 0.423. The van der Waals surface area contributed by atoms with Gasteiger partial charge in [-0.1, -0.05) is 37.6 Å². The van der Waals surface area contributed by atoms with Crippen molar-refractivity contribution < 1.29 is 14.2 Å². The maximum absolute atomic E-state index is 6.34. The zero-order valence-electron chi connectivity index (χ0n) is 22.7. The zero-order chi connectivity index (χ0) is 27.6. The molecule has 8 nitrogen and oxygen atoms in total. The third kappa shape index (κ3) is 7.31. The number of hydrogen-bond acceptors (Lipinski definition) is 8. The predicted octanol–water partition coefficient (Wildman–Crippen LogP) is 7.02. The summed E-state index contributed by atoms with van der Waals surface area (Å²) < 4.78 is 17.0. The number of ether oxygens (including phenoxy) is 3. The summed E-state index contributed by atoms with van der Waals surface area (Å²) in [4.78, 5) is 11.7. The van der Waals surface area contributed by atoms with E-state index < -0.39 is 0 Å². The molecule has 0 radical (unpaired) electrons. The van der Waals surface area contributed by atoms with Crippen molar-refractivity contribution in [3.05, 3.63) is 77.9 Å². The van der Waals surface area contributed by atoms with Gasteiger partial charge in [0.25, 0.3) is 0 Å². The Balaban J connectivity index is 1.59. The van der Waals surface area contributed by atoms with Crippen molar-refractivity contribution in [1.82, 2.24) is 14.9 Å². The van der Waals surface area contributed by atoms with E-state index in [1.165, 1.54) is 0 Å². The van der Waals surface area contributed by atoms with E-state index in [1.54, 1.807) is 26.5 Å². The molecule has 0 saturated heterocycles. The fraction of sp³-hybridized carbons (Fsp3) is 0.267. The molecule has 0 aliphatic rings. The Morgan fingerprint density at radius 2 is 1.59 bits per heavy atom. The van der Waals surface area contributed by atoms with Crippen LogP contribution in [0.4, 0.5) is 23.1 Å². The molecule has 0 spiro atoms. The van der Waals surface area contributed by atoms with E-state index in [0.717, 1.165) is 47.9 Å². The normalized spacial score (nSPS) is 10.8. The molecule has 0 bridgehead atoms. The van der Waals surface area contributed by atoms with Crippen molar-refractivity contribution in [2.45, 2.75) is 13.8 Å². The summed E-state index contributed by atoms with van der Waals surface area (Å²) in [6, 6.07) is 20.8. The number of nitrogens with zero attached hydrogens (tertiary/aromatic N) is 3. The number of hydrogen-bond donors (Lipinski definition) is 2. The highest BCUT2D eigenvalue weighted by molar-refractivity contribution is 6.31. The van der Waals surface area contributed by atoms with Crippen LogP contribution < -0.4 is 24.8 Å². The number of likely N-dealkylation sites (N-methyl/N-ethyl adjacent to an activating group) is 1. The molecule has 4 rings (SSSR count). The molecular weight excluding hydrogens is 514 g/mol. The van der Waals surface area contributed by atoms with Gasteiger partial charge in [-0.2, -0.15) is 4.98 Å². The van der Waals surface area contributed by atoms with Gasteiger partial charge in [0.1, 0.15) is 29.7 Å². The van der Waals surface area contributed by atoms with E-state index in [4.69, 9.17) is 30.8 Å². The molecular formula is C30H34ClN5O3. The molecule has 0 atom stereocenters. The summed E-state index contributed by atoms with van der Waals surface area (Å²) in [5.41, 5.74) is 3.09. The number of rotatable bonds is 13. The first-order valence-corrected chi connectivity index (χ1v) is 13.3. The first kappa shape index (κ1) is 28.0. The molecule has 3 aromatic carbocycles. The van der Waals surface area contributed by atoms with Crippen LogP contribution in [0, 0.1) is 0 Å². The third-order valence-electron chi connectivity index (χ3n) is 6.28. The van der Waals surface area contributed by atoms with Crippen LogP contribution in [0.3, 0.4) is 0 Å². The lowest BCUT2D eigenvalue weighted by atomic mass is 10.1. The molecule has 0 unspecified atom stereocenters. The molecule has 1 aromatic heterocycles. The first-order chi connectivity index (χ1) is 19.0. The smallest absolute Gasteiger partial charge is 0.229 e. The molecule has 0 aliphatic heterocycles. The largest absolute Gasteiger partial charge is 0.496 e. The number of halogens is 1. The van der Waals surface area contributed by atoms with Crippen LogP contribution >= 0.6 is 11.6 Å². The third-order valence-corrected chi connectivity index (χ3v) is 6.52. The molecule has 204 valence electrons. The fourth-order valence-corrected chi connectivity index (χ4v) is 4.27. The summed E-state index contributed by atoms with van der Waals surface area (Å²) in [5.74, 6) is 3.14. The van der Waals surface area contributed by atoms with Crippen molar-refractivity contribution in [3.8, 4) is 28.4 Å². The highest BCUT2D eigenvalue weighted by Gasteiger charge is 2.16. The molecule has 0 amide bonds. The van der Waals surface area contributed by atoms with E-state index in [2.05, 4.69) is 34.4 Å². The molecule has 2 N–H and O–H groups in total. The monoisotopic (exact) mass is 547 g/mol. The lowest BCUT2D eigenvalue weighted by molar-refractivity contribution is 0.223. The molecule has 4 aromatic rings. The highest BCUT2D eigenvalue weighted by atomic mass is 35.5. The maximum Gasteiger partial charge on any atom is 0.229 e. The van der Waals surface area contributed by atoms with Crippen LogP contribution in [-0.4, -0.2) is 55.3 Å². The van der Waals surface area contributed by atoms with Gasteiger partial charge in [-0.25, -0.2) is 4.98 Å². The summed E-state index contributed by atoms with van der Waals surface area (Å²) in [5, 5.41) is 7.26. The minimum Gasteiger partial charge on any atom is -0.496 e. The van der Waals surface area contributed by atoms with Gasteiger partial charge < -0.3 is 29.7 Å². The molecule has 0 fully saturated rings. The number of methoxy groups -OCH3 is 2. The van der Waals surface area contributed by atoms with Crippen LogP contribution in [0.1, 0.15) is 13.8 Å². The average molecular weight is 548 g/mol. The Bertz CT molecular complexity index is 1360. The van der Waals surface area contributed by atoms with Gasteiger partial charge >= 0.3 is 0 Å². The Morgan fingerprint density at radius 3 is 2.31 bits per heavy atom. The van der Waals surface area contributed by atoms with Crippen molar-refractivity contribution in [2.75, 3.05) is 51.1 Å². The van der Waals surface area contributed by atoms with Gasteiger partial charge in [0.2, 0.25) is 5.95 Å². The molecule has 9 heteroatoms. The Morgan fingerprint density at radius 1 is 0.846 bits per heavy atom. The van der Waals surface area contributed by atoms with Crippen LogP contribution in [0.15, 0.2) is 72.9 Å². The van der Waals surface area contributed by atoms with Gasteiger partial charge in [0.05, 0.1) is 19.9 Å². The number of benzene rings is 3. The fourth-order valence-electron chi connectivity index (χ4n) is 4.10. The quantitative estimate of drug-likeness (QED) is 0.185. The summed E-state index contributed by atoms with van der Waals surface area (Å²) in [6.07, 6.45) is 1.74. The molecule has 0 saturated carbocycles. The predicted molar refractivity (Wildman–Crippen MR) is 158 cm³/mol. The molecule has 1 heterocycles. The lowest BCUT2D eigenvalue weighted by Crippen LogP contribution is -2.27. The summed E-state index contributed by atoms with van der Waals surface area (Å²) in [6.45, 7) is 7.87. The number of anilines is 4. The summed E-state index contributed by atoms with van der Waals surface area (Å²) >= 11 is 6.34. The van der Waals surface area contributed by atoms with Gasteiger partial charge in [-0.3, -0.25) is 0 Å². The van der Waals surface area contributed by atoms with E-state index in [-0.39, 0.29) is 0 Å². The number of nitrogens with one attached hydrogen (secondary N) is 2. The van der Waals surface area contributed by atoms with Crippen molar-refractivity contribution >= 4 is 34.7 Å². The van der Waals surface area contributed by atoms with Gasteiger partial charge in [-0.15, -0.1) is 0 Å². The van der Waals surface area contributed by atoms with Crippen LogP contribution in [0.25, 0.3) is 11.1 Å². The van der Waals surface area contributed by atoms with E-state index in [1.807, 2.05) is 60.7 Å². The minimum atomic E-state index is 0.423. The van der Waals surface area contributed by atoms with Crippen LogP contribution in [-0.2, 0) is 0 Å². The topological polar surface area (TPSA) is 80.8 Å². The Hall–Kier alpha value is -4.01. The van der Waals surface area contributed by atoms with E-state index in [9.17, 15) is 0 Å². The van der Waals surface area contributed by atoms with E-state index in [0.29, 0.717) is 34.9 Å². The van der Waals surface area contributed by atoms with E-state index >= 15 is 0 Å². The number of para-hydroxylation sites is 2. The second-order valence-electron chi connectivity index (χ2n) is 8.65. The molecule has 0 aliphatic carbocycles. The summed E-state index contributed by atoms with van der Waals surface area (Å²) in [7, 11) is 3.25. The lowest BCUT2D eigenvalue weighted by Gasteiger charge is -2.18. The SMILES string of the molecule is CCN(CC)CCOc1ccc(Nc2ncc(-c3cc(Cl)ccc3OC)c(Nc3ccccc3OC)n2)cc1. The van der Waals surface area contributed by atoms with Gasteiger partial charge in [0, 0.05) is 34.6 Å². The first-order valence-electron chi connectivity index (χ1n) is 12.9. The van der Waals surface area contributed by atoms with Crippen LogP contribution in [0.2, 0.25) is 5.02 Å². The zero-order valence-corrected chi connectivity index (χ0v) is 23.5. The number of aromatic nitrogens is 2. The average Bonchev–Trinajstić information content (AvgIpc) is 2.96. The van der Waals surface area contributed by atoms with Crippen molar-refractivity contribution in [3.63, 3.8) is 0 Å². The maximum atomic E-state index is 6.34. The Kier molecular flexibility index (Phi) is 9.83. The second-order valence-corrected chi connectivity index (χ2v) is 9.09. The standard InChI is InChI=1S/C30H34ClN5O3/c1-5-36(6-2)17-18-39-23-14-12-22(13-15-23)33-30-32-20-25(24-19-21(31)11-16-27(24)37-3)29(35-30)34-26-9-7-8-10-28(26)38-4/h7-16,19-20H,5-6,17-18H2,1-4H3,(H2,32,33,34,35). The van der Waals surface area contributed by atoms with Crippen LogP contribution in [0.5, 0.6) is 17.2 Å². The second kappa shape index (κ2) is 13.7. The van der Waals surface area contributed by atoms with Crippen molar-refractivity contribution in [2.24, 2.45) is 0 Å². The highest BCUT2D eigenvalue weighted by Crippen LogP contribution is 2.38.